The molecule has 5 rings (SSSR count). The Morgan fingerprint density at radius 3 is 2.66 bits per heavy atom. The van der Waals surface area contributed by atoms with Crippen molar-refractivity contribution in [2.24, 2.45) is 0 Å². The maximum atomic E-state index is 6.56. The summed E-state index contributed by atoms with van der Waals surface area (Å²) in [7, 11) is 1.64. The molecule has 0 unspecified atom stereocenters. The minimum absolute atomic E-state index is 0.455. The van der Waals surface area contributed by atoms with Crippen LogP contribution < -0.4 is 15.8 Å². The van der Waals surface area contributed by atoms with E-state index in [9.17, 15) is 0 Å². The van der Waals surface area contributed by atoms with Crippen LogP contribution in [0.5, 0.6) is 5.75 Å². The average molecular weight is 423 g/mol. The Morgan fingerprint density at radius 1 is 1.00 bits per heavy atom. The van der Waals surface area contributed by atoms with Gasteiger partial charge in [-0.05, 0) is 35.9 Å². The number of ether oxygens (including phenoxy) is 1. The fourth-order valence-electron chi connectivity index (χ4n) is 3.52. The molecule has 0 saturated carbocycles. The third-order valence-corrected chi connectivity index (χ3v) is 5.09. The first-order valence-corrected chi connectivity index (χ1v) is 10.1. The van der Waals surface area contributed by atoms with Gasteiger partial charge in [0.1, 0.15) is 11.6 Å². The van der Waals surface area contributed by atoms with Crippen molar-refractivity contribution in [1.29, 1.82) is 0 Å². The Bertz CT molecular complexity index is 1370. The van der Waals surface area contributed by atoms with Crippen LogP contribution in [-0.2, 0) is 6.54 Å². The number of methoxy groups -OCH3 is 1. The number of fused-ring (bicyclic) bond motifs is 1. The summed E-state index contributed by atoms with van der Waals surface area (Å²) in [5.74, 6) is 1.66. The number of nitrogen functional groups attached to an aromatic ring is 1. The van der Waals surface area contributed by atoms with E-state index >= 15 is 0 Å². The zero-order chi connectivity index (χ0) is 21.9. The highest BCUT2D eigenvalue weighted by molar-refractivity contribution is 5.99. The Morgan fingerprint density at radius 2 is 1.88 bits per heavy atom. The van der Waals surface area contributed by atoms with Crippen LogP contribution in [0.2, 0.25) is 0 Å². The van der Waals surface area contributed by atoms with Crippen molar-refractivity contribution in [3.05, 3.63) is 84.7 Å². The second-order valence-corrected chi connectivity index (χ2v) is 7.17. The third-order valence-electron chi connectivity index (χ3n) is 5.09. The number of hydrogen-bond donors (Lipinski definition) is 2. The highest BCUT2D eigenvalue weighted by Gasteiger charge is 2.19. The van der Waals surface area contributed by atoms with Crippen molar-refractivity contribution in [2.45, 2.75) is 6.54 Å². The van der Waals surface area contributed by atoms with E-state index in [1.165, 1.54) is 0 Å². The van der Waals surface area contributed by atoms with Crippen LogP contribution in [0, 0.1) is 0 Å². The second kappa shape index (κ2) is 8.35. The van der Waals surface area contributed by atoms with Crippen LogP contribution >= 0.6 is 0 Å². The molecule has 0 atom stereocenters. The van der Waals surface area contributed by atoms with Gasteiger partial charge in [0.15, 0.2) is 5.65 Å². The molecule has 2 aromatic carbocycles. The van der Waals surface area contributed by atoms with Gasteiger partial charge in [0.05, 0.1) is 23.9 Å². The van der Waals surface area contributed by atoms with Crippen molar-refractivity contribution in [2.75, 3.05) is 18.2 Å². The standard InChI is InChI=1S/C24H21N7O/c1-32-19-11-5-8-17(13-19)21-20-22(25)31(18-9-3-2-4-10-18)30-23(20)29-24(28-21)27-15-16-7-6-12-26-14-16/h2-14H,15,25H2,1H3,(H,27,29,30). The molecule has 158 valence electrons. The van der Waals surface area contributed by atoms with Crippen molar-refractivity contribution >= 4 is 22.8 Å². The molecule has 3 aromatic heterocycles. The van der Waals surface area contributed by atoms with Crippen LogP contribution in [0.25, 0.3) is 28.0 Å². The van der Waals surface area contributed by atoms with Gasteiger partial charge in [-0.1, -0.05) is 36.4 Å². The maximum Gasteiger partial charge on any atom is 0.225 e. The number of aromatic nitrogens is 5. The summed E-state index contributed by atoms with van der Waals surface area (Å²) in [5, 5.41) is 8.65. The van der Waals surface area contributed by atoms with E-state index < -0.39 is 0 Å². The Balaban J connectivity index is 1.66. The van der Waals surface area contributed by atoms with Crippen molar-refractivity contribution in [3.63, 3.8) is 0 Å². The number of rotatable bonds is 6. The van der Waals surface area contributed by atoms with E-state index in [4.69, 9.17) is 15.5 Å². The van der Waals surface area contributed by atoms with Gasteiger partial charge in [0.2, 0.25) is 5.95 Å². The predicted molar refractivity (Wildman–Crippen MR) is 125 cm³/mol. The molecule has 0 fully saturated rings. The maximum absolute atomic E-state index is 6.56. The number of pyridine rings is 1. The zero-order valence-electron chi connectivity index (χ0n) is 17.4. The van der Waals surface area contributed by atoms with E-state index in [1.54, 1.807) is 24.2 Å². The molecular formula is C24H21N7O. The SMILES string of the molecule is COc1cccc(-c2nc(NCc3cccnc3)nc3nn(-c4ccccc4)c(N)c23)c1. The minimum Gasteiger partial charge on any atom is -0.497 e. The lowest BCUT2D eigenvalue weighted by molar-refractivity contribution is 0.415. The lowest BCUT2D eigenvalue weighted by atomic mass is 10.1. The summed E-state index contributed by atoms with van der Waals surface area (Å²) in [5.41, 5.74) is 10.5. The highest BCUT2D eigenvalue weighted by atomic mass is 16.5. The lowest BCUT2D eigenvalue weighted by Gasteiger charge is -2.09. The number of nitrogens with one attached hydrogen (secondary N) is 1. The van der Waals surface area contributed by atoms with E-state index in [2.05, 4.69) is 20.4 Å². The molecular weight excluding hydrogens is 402 g/mol. The summed E-state index contributed by atoms with van der Waals surface area (Å²) in [6.45, 7) is 0.534. The lowest BCUT2D eigenvalue weighted by Crippen LogP contribution is -2.05. The van der Waals surface area contributed by atoms with Crippen LogP contribution in [-0.4, -0.2) is 31.8 Å². The normalized spacial score (nSPS) is 10.9. The van der Waals surface area contributed by atoms with E-state index in [0.717, 1.165) is 22.6 Å². The molecule has 0 aliphatic carbocycles. The first-order valence-electron chi connectivity index (χ1n) is 10.1. The van der Waals surface area contributed by atoms with Crippen molar-refractivity contribution < 1.29 is 4.74 Å². The molecule has 8 nitrogen and oxygen atoms in total. The third kappa shape index (κ3) is 3.69. The smallest absolute Gasteiger partial charge is 0.225 e. The zero-order valence-corrected chi connectivity index (χ0v) is 17.4. The van der Waals surface area contributed by atoms with E-state index in [1.807, 2.05) is 66.7 Å². The number of hydrogen-bond acceptors (Lipinski definition) is 7. The highest BCUT2D eigenvalue weighted by Crippen LogP contribution is 2.34. The number of para-hydroxylation sites is 1. The van der Waals surface area contributed by atoms with Crippen LogP contribution in [0.15, 0.2) is 79.1 Å². The number of nitrogens with two attached hydrogens (primary N) is 1. The predicted octanol–water partition coefficient (Wildman–Crippen LogP) is 4.08. The monoisotopic (exact) mass is 423 g/mol. The molecule has 0 radical (unpaired) electrons. The van der Waals surface area contributed by atoms with Gasteiger partial charge < -0.3 is 15.8 Å². The Labute approximate surface area is 184 Å². The first kappa shape index (κ1) is 19.5. The van der Waals surface area contributed by atoms with Gasteiger partial charge in [-0.25, -0.2) is 9.67 Å². The Kier molecular flexibility index (Phi) is 5.09. The van der Waals surface area contributed by atoms with Crippen molar-refractivity contribution in [3.8, 4) is 22.7 Å². The second-order valence-electron chi connectivity index (χ2n) is 7.17. The molecule has 8 heteroatoms. The molecule has 32 heavy (non-hydrogen) atoms. The largest absolute Gasteiger partial charge is 0.497 e. The number of nitrogens with zero attached hydrogens (tertiary/aromatic N) is 5. The fraction of sp³-hybridized carbons (Fsp3) is 0.0833. The van der Waals surface area contributed by atoms with Crippen LogP contribution in [0.3, 0.4) is 0 Å². The van der Waals surface area contributed by atoms with Gasteiger partial charge in [-0.15, -0.1) is 5.10 Å². The van der Waals surface area contributed by atoms with Gasteiger partial charge in [0, 0.05) is 24.5 Å². The summed E-state index contributed by atoms with van der Waals surface area (Å²) < 4.78 is 7.10. The number of anilines is 2. The van der Waals surface area contributed by atoms with E-state index in [-0.39, 0.29) is 0 Å². The molecule has 0 bridgehead atoms. The molecule has 0 saturated heterocycles. The van der Waals surface area contributed by atoms with Gasteiger partial charge in [0.25, 0.3) is 0 Å². The summed E-state index contributed by atoms with van der Waals surface area (Å²) in [6, 6.07) is 21.3. The molecule has 0 spiro atoms. The molecule has 0 aliphatic heterocycles. The van der Waals surface area contributed by atoms with E-state index in [0.29, 0.717) is 35.0 Å². The van der Waals surface area contributed by atoms with Crippen LogP contribution in [0.4, 0.5) is 11.8 Å². The molecule has 0 amide bonds. The summed E-state index contributed by atoms with van der Waals surface area (Å²) in [6.07, 6.45) is 3.54. The molecule has 3 heterocycles. The molecule has 5 aromatic rings. The summed E-state index contributed by atoms with van der Waals surface area (Å²) in [4.78, 5) is 13.6. The van der Waals surface area contributed by atoms with Gasteiger partial charge in [-0.3, -0.25) is 4.98 Å². The average Bonchev–Trinajstić information content (AvgIpc) is 3.19. The fourth-order valence-corrected chi connectivity index (χ4v) is 3.52. The number of benzene rings is 2. The topological polar surface area (TPSA) is 104 Å². The quantitative estimate of drug-likeness (QED) is 0.424. The van der Waals surface area contributed by atoms with Crippen LogP contribution in [0.1, 0.15) is 5.56 Å². The molecule has 0 aliphatic rings. The van der Waals surface area contributed by atoms with Gasteiger partial charge in [-0.2, -0.15) is 4.98 Å². The van der Waals surface area contributed by atoms with Crippen molar-refractivity contribution in [1.82, 2.24) is 24.7 Å². The minimum atomic E-state index is 0.455. The Hall–Kier alpha value is -4.46. The summed E-state index contributed by atoms with van der Waals surface area (Å²) >= 11 is 0. The molecule has 3 N–H and O–H groups in total. The first-order chi connectivity index (χ1) is 15.7. The van der Waals surface area contributed by atoms with Gasteiger partial charge >= 0.3 is 0 Å².